The van der Waals surface area contributed by atoms with E-state index in [1.807, 2.05) is 0 Å². The fraction of sp³-hybridized carbons (Fsp3) is 0.538. The normalized spacial score (nSPS) is 21.6. The number of pyridine rings is 1. The van der Waals surface area contributed by atoms with Gasteiger partial charge in [0.05, 0.1) is 16.6 Å². The average Bonchev–Trinajstić information content (AvgIpc) is 2.48. The summed E-state index contributed by atoms with van der Waals surface area (Å²) in [4.78, 5) is 26.4. The zero-order valence-corrected chi connectivity index (χ0v) is 11.7. The van der Waals surface area contributed by atoms with Gasteiger partial charge in [0, 0.05) is 19.2 Å². The van der Waals surface area contributed by atoms with Crippen LogP contribution in [-0.2, 0) is 0 Å². The second-order valence-corrected chi connectivity index (χ2v) is 5.08. The largest absolute Gasteiger partial charge is 0.393 e. The second-order valence-electron chi connectivity index (χ2n) is 5.08. The number of rotatable bonds is 4. The fourth-order valence-electron chi connectivity index (χ4n) is 2.41. The molecule has 8 heteroatoms. The van der Waals surface area contributed by atoms with Crippen molar-refractivity contribution in [1.82, 2.24) is 10.3 Å². The summed E-state index contributed by atoms with van der Waals surface area (Å²) in [5.41, 5.74) is -0.0731. The molecule has 1 saturated carbocycles. The molecule has 1 fully saturated rings. The Kier molecular flexibility index (Phi) is 4.69. The van der Waals surface area contributed by atoms with Gasteiger partial charge >= 0.3 is 0 Å². The van der Waals surface area contributed by atoms with Crippen LogP contribution in [-0.4, -0.2) is 40.1 Å². The van der Waals surface area contributed by atoms with E-state index in [9.17, 15) is 20.0 Å². The number of aliphatic hydroxyl groups is 1. The Morgan fingerprint density at radius 2 is 2.10 bits per heavy atom. The highest BCUT2D eigenvalue weighted by Crippen LogP contribution is 2.21. The topological polar surface area (TPSA) is 117 Å². The van der Waals surface area contributed by atoms with Crippen LogP contribution in [0.25, 0.3) is 0 Å². The molecule has 1 aliphatic carbocycles. The van der Waals surface area contributed by atoms with Crippen molar-refractivity contribution >= 4 is 17.4 Å². The number of nitrogens with one attached hydrogen (secondary N) is 2. The van der Waals surface area contributed by atoms with Crippen LogP contribution in [0.3, 0.4) is 0 Å². The Labute approximate surface area is 121 Å². The highest BCUT2D eigenvalue weighted by molar-refractivity contribution is 5.99. The van der Waals surface area contributed by atoms with Crippen LogP contribution in [0.1, 0.15) is 36.0 Å². The van der Waals surface area contributed by atoms with Crippen molar-refractivity contribution in [2.45, 2.75) is 37.8 Å². The van der Waals surface area contributed by atoms with Gasteiger partial charge in [0.1, 0.15) is 12.0 Å². The zero-order valence-electron chi connectivity index (χ0n) is 11.7. The maximum absolute atomic E-state index is 12.3. The van der Waals surface area contributed by atoms with E-state index in [4.69, 9.17) is 0 Å². The summed E-state index contributed by atoms with van der Waals surface area (Å²) < 4.78 is 0. The minimum absolute atomic E-state index is 0.0233. The SMILES string of the molecule is CNc1ncc([N+](=O)[O-])cc1C(=O)NC1CCC(O)CC1. The number of nitro groups is 1. The van der Waals surface area contributed by atoms with Gasteiger partial charge in [0.15, 0.2) is 0 Å². The molecule has 0 unspecified atom stereocenters. The summed E-state index contributed by atoms with van der Waals surface area (Å²) in [7, 11) is 1.60. The molecule has 1 aromatic rings. The van der Waals surface area contributed by atoms with E-state index >= 15 is 0 Å². The number of hydrogen-bond donors (Lipinski definition) is 3. The van der Waals surface area contributed by atoms with E-state index in [1.165, 1.54) is 6.07 Å². The quantitative estimate of drug-likeness (QED) is 0.564. The Balaban J connectivity index is 2.13. The van der Waals surface area contributed by atoms with Crippen LogP contribution in [0, 0.1) is 10.1 Å². The first kappa shape index (κ1) is 15.2. The number of hydrogen-bond acceptors (Lipinski definition) is 6. The number of carbonyl (C=O) groups excluding carboxylic acids is 1. The molecule has 0 aromatic carbocycles. The van der Waals surface area contributed by atoms with Crippen molar-refractivity contribution in [3.05, 3.63) is 27.9 Å². The summed E-state index contributed by atoms with van der Waals surface area (Å²) >= 11 is 0. The monoisotopic (exact) mass is 294 g/mol. The fourth-order valence-corrected chi connectivity index (χ4v) is 2.41. The highest BCUT2D eigenvalue weighted by atomic mass is 16.6. The molecule has 114 valence electrons. The smallest absolute Gasteiger partial charge is 0.288 e. The molecule has 1 heterocycles. The first-order valence-corrected chi connectivity index (χ1v) is 6.82. The maximum atomic E-state index is 12.3. The van der Waals surface area contributed by atoms with Gasteiger partial charge in [-0.15, -0.1) is 0 Å². The van der Waals surface area contributed by atoms with Gasteiger partial charge in [-0.05, 0) is 25.7 Å². The standard InChI is InChI=1S/C13H18N4O4/c1-14-12-11(6-9(7-15-12)17(20)21)13(19)16-8-2-4-10(18)5-3-8/h6-8,10,18H,2-5H2,1H3,(H,14,15)(H,16,19). The molecule has 0 saturated heterocycles. The lowest BCUT2D eigenvalue weighted by atomic mass is 9.93. The Bertz CT molecular complexity index is 541. The Hall–Kier alpha value is -2.22. The molecule has 0 radical (unpaired) electrons. The van der Waals surface area contributed by atoms with Crippen LogP contribution in [0.5, 0.6) is 0 Å². The lowest BCUT2D eigenvalue weighted by Gasteiger charge is -2.26. The molecular weight excluding hydrogens is 276 g/mol. The predicted octanol–water partition coefficient (Wildman–Crippen LogP) is 1.06. The van der Waals surface area contributed by atoms with Gasteiger partial charge in [-0.2, -0.15) is 0 Å². The second kappa shape index (κ2) is 6.49. The number of carbonyl (C=O) groups is 1. The van der Waals surface area contributed by atoms with Gasteiger partial charge in [-0.25, -0.2) is 4.98 Å². The van der Waals surface area contributed by atoms with Gasteiger partial charge < -0.3 is 15.7 Å². The lowest BCUT2D eigenvalue weighted by molar-refractivity contribution is -0.385. The lowest BCUT2D eigenvalue weighted by Crippen LogP contribution is -2.38. The van der Waals surface area contributed by atoms with E-state index in [2.05, 4.69) is 15.6 Å². The third kappa shape index (κ3) is 3.66. The number of nitrogens with zero attached hydrogens (tertiary/aromatic N) is 2. The Morgan fingerprint density at radius 3 is 2.67 bits per heavy atom. The molecule has 8 nitrogen and oxygen atoms in total. The first-order valence-electron chi connectivity index (χ1n) is 6.82. The summed E-state index contributed by atoms with van der Waals surface area (Å²) in [6.07, 6.45) is 3.51. The highest BCUT2D eigenvalue weighted by Gasteiger charge is 2.23. The molecule has 0 atom stereocenters. The maximum Gasteiger partial charge on any atom is 0.288 e. The number of anilines is 1. The van der Waals surface area contributed by atoms with Crippen molar-refractivity contribution in [1.29, 1.82) is 0 Å². The molecule has 0 bridgehead atoms. The Morgan fingerprint density at radius 1 is 1.43 bits per heavy atom. The molecule has 0 aliphatic heterocycles. The third-order valence-corrected chi connectivity index (χ3v) is 3.60. The summed E-state index contributed by atoms with van der Waals surface area (Å²) in [5, 5.41) is 25.8. The van der Waals surface area contributed by atoms with Crippen LogP contribution in [0.15, 0.2) is 12.3 Å². The van der Waals surface area contributed by atoms with Crippen LogP contribution < -0.4 is 10.6 Å². The minimum Gasteiger partial charge on any atom is -0.393 e. The van der Waals surface area contributed by atoms with Crippen LogP contribution in [0.2, 0.25) is 0 Å². The molecule has 2 rings (SSSR count). The van der Waals surface area contributed by atoms with E-state index in [-0.39, 0.29) is 23.4 Å². The molecule has 3 N–H and O–H groups in total. The number of amides is 1. The van der Waals surface area contributed by atoms with E-state index in [0.29, 0.717) is 31.5 Å². The third-order valence-electron chi connectivity index (χ3n) is 3.60. The van der Waals surface area contributed by atoms with E-state index < -0.39 is 10.8 Å². The van der Waals surface area contributed by atoms with Gasteiger partial charge in [0.2, 0.25) is 0 Å². The zero-order chi connectivity index (χ0) is 15.4. The van der Waals surface area contributed by atoms with Crippen LogP contribution >= 0.6 is 0 Å². The predicted molar refractivity (Wildman–Crippen MR) is 76.2 cm³/mol. The van der Waals surface area contributed by atoms with Gasteiger partial charge in [0.25, 0.3) is 11.6 Å². The van der Waals surface area contributed by atoms with Crippen molar-refractivity contribution in [2.24, 2.45) is 0 Å². The van der Waals surface area contributed by atoms with Crippen molar-refractivity contribution in [3.8, 4) is 0 Å². The van der Waals surface area contributed by atoms with Gasteiger partial charge in [-0.1, -0.05) is 0 Å². The molecule has 21 heavy (non-hydrogen) atoms. The summed E-state index contributed by atoms with van der Waals surface area (Å²) in [6.45, 7) is 0. The first-order chi connectivity index (χ1) is 10.0. The van der Waals surface area contributed by atoms with Crippen molar-refractivity contribution in [2.75, 3.05) is 12.4 Å². The minimum atomic E-state index is -0.583. The van der Waals surface area contributed by atoms with E-state index in [0.717, 1.165) is 6.20 Å². The number of aromatic nitrogens is 1. The molecule has 0 spiro atoms. The molecule has 1 aliphatic rings. The van der Waals surface area contributed by atoms with Crippen molar-refractivity contribution in [3.63, 3.8) is 0 Å². The number of aliphatic hydroxyl groups excluding tert-OH is 1. The van der Waals surface area contributed by atoms with Crippen molar-refractivity contribution < 1.29 is 14.8 Å². The average molecular weight is 294 g/mol. The van der Waals surface area contributed by atoms with Gasteiger partial charge in [-0.3, -0.25) is 14.9 Å². The summed E-state index contributed by atoms with van der Waals surface area (Å²) in [5.74, 6) is -0.0918. The molecular formula is C13H18N4O4. The molecule has 1 aromatic heterocycles. The molecule has 1 amide bonds. The summed E-state index contributed by atoms with van der Waals surface area (Å²) in [6, 6.07) is 1.19. The van der Waals surface area contributed by atoms with E-state index in [1.54, 1.807) is 7.05 Å². The van der Waals surface area contributed by atoms with Crippen LogP contribution in [0.4, 0.5) is 11.5 Å².